The minimum Gasteiger partial charge on any atom is -0.464 e. The van der Waals surface area contributed by atoms with Crippen molar-refractivity contribution in [3.8, 4) is 11.4 Å². The highest BCUT2D eigenvalue weighted by Gasteiger charge is 2.17. The van der Waals surface area contributed by atoms with E-state index in [1.165, 1.54) is 12.0 Å². The van der Waals surface area contributed by atoms with Crippen LogP contribution in [-0.2, 0) is 30.6 Å². The third kappa shape index (κ3) is 3.98. The molecular weight excluding hydrogens is 388 g/mol. The molecule has 0 aliphatic carbocycles. The predicted octanol–water partition coefficient (Wildman–Crippen LogP) is 5.16. The van der Waals surface area contributed by atoms with Crippen LogP contribution in [0.15, 0.2) is 53.1 Å². The number of fused-ring (bicyclic) bond motifs is 2. The van der Waals surface area contributed by atoms with Gasteiger partial charge in [0.2, 0.25) is 5.91 Å². The Labute approximate surface area is 181 Å². The van der Waals surface area contributed by atoms with Crippen LogP contribution in [0.5, 0.6) is 0 Å². The lowest BCUT2D eigenvalue weighted by Gasteiger charge is -2.09. The number of furan rings is 1. The topological polar surface area (TPSA) is 73.0 Å². The van der Waals surface area contributed by atoms with Crippen LogP contribution in [0.3, 0.4) is 0 Å². The van der Waals surface area contributed by atoms with Crippen molar-refractivity contribution >= 4 is 22.6 Å². The Bertz CT molecular complexity index is 1240. The second-order valence-electron chi connectivity index (χ2n) is 8.15. The largest absolute Gasteiger partial charge is 0.464 e. The molecule has 6 nitrogen and oxygen atoms in total. The maximum absolute atomic E-state index is 12.7. The molecule has 2 aromatic carbocycles. The Kier molecular flexibility index (Phi) is 5.28. The number of hydrogen-bond donors (Lipinski definition) is 1. The number of rotatable bonds is 5. The van der Waals surface area contributed by atoms with E-state index in [-0.39, 0.29) is 12.3 Å². The number of nitrogens with zero attached hydrogens (tertiary/aromatic N) is 3. The molecule has 1 aliphatic heterocycles. The predicted molar refractivity (Wildman–Crippen MR) is 121 cm³/mol. The Balaban J connectivity index is 1.33. The van der Waals surface area contributed by atoms with E-state index < -0.39 is 0 Å². The Morgan fingerprint density at radius 3 is 2.97 bits per heavy atom. The Hall–Kier alpha value is -3.41. The molecule has 0 saturated heterocycles. The van der Waals surface area contributed by atoms with Crippen molar-refractivity contribution in [3.63, 3.8) is 0 Å². The van der Waals surface area contributed by atoms with Gasteiger partial charge in [-0.3, -0.25) is 4.79 Å². The number of aryl methyl sites for hydroxylation is 2. The summed E-state index contributed by atoms with van der Waals surface area (Å²) in [5.41, 5.74) is 4.68. The van der Waals surface area contributed by atoms with E-state index in [1.54, 1.807) is 6.26 Å². The molecule has 0 atom stereocenters. The summed E-state index contributed by atoms with van der Waals surface area (Å²) < 4.78 is 7.89. The number of carbonyl (C=O) groups is 1. The van der Waals surface area contributed by atoms with Gasteiger partial charge in [-0.15, -0.1) is 10.2 Å². The van der Waals surface area contributed by atoms with Crippen LogP contribution in [0.2, 0.25) is 0 Å². The molecule has 1 aliphatic rings. The van der Waals surface area contributed by atoms with Crippen molar-refractivity contribution < 1.29 is 9.21 Å². The third-order valence-corrected chi connectivity index (χ3v) is 5.99. The van der Waals surface area contributed by atoms with Crippen molar-refractivity contribution in [3.05, 3.63) is 65.7 Å². The van der Waals surface area contributed by atoms with Crippen molar-refractivity contribution in [2.45, 2.75) is 52.0 Å². The van der Waals surface area contributed by atoms with E-state index in [4.69, 9.17) is 4.42 Å². The second-order valence-corrected chi connectivity index (χ2v) is 8.15. The summed E-state index contributed by atoms with van der Waals surface area (Å²) >= 11 is 0. The van der Waals surface area contributed by atoms with Crippen LogP contribution in [0.1, 0.15) is 43.1 Å². The molecule has 6 heteroatoms. The van der Waals surface area contributed by atoms with E-state index in [2.05, 4.69) is 33.1 Å². The molecule has 4 aromatic rings. The van der Waals surface area contributed by atoms with Crippen molar-refractivity contribution in [2.75, 3.05) is 5.32 Å². The van der Waals surface area contributed by atoms with Crippen LogP contribution >= 0.6 is 0 Å². The first kappa shape index (κ1) is 19.5. The average molecular weight is 415 g/mol. The maximum Gasteiger partial charge on any atom is 0.228 e. The summed E-state index contributed by atoms with van der Waals surface area (Å²) in [5, 5.41) is 12.8. The van der Waals surface area contributed by atoms with Gasteiger partial charge in [0.05, 0.1) is 12.7 Å². The van der Waals surface area contributed by atoms with Crippen molar-refractivity contribution in [1.29, 1.82) is 0 Å². The fourth-order valence-corrected chi connectivity index (χ4v) is 4.30. The standard InChI is InChI=1S/C25H26N4O2/c1-2-17-10-11-21-19(16-31-22(21)13-17)15-24(30)26-20-8-6-7-18(14-20)25-28-27-23-9-4-3-5-12-29(23)25/h6-8,10-11,13-14,16H,2-5,9,12,15H2,1H3,(H,26,30). The van der Waals surface area contributed by atoms with Crippen LogP contribution < -0.4 is 5.32 Å². The smallest absolute Gasteiger partial charge is 0.228 e. The fourth-order valence-electron chi connectivity index (χ4n) is 4.30. The van der Waals surface area contributed by atoms with Gasteiger partial charge in [0, 0.05) is 35.2 Å². The molecule has 0 saturated carbocycles. The molecule has 1 N–H and O–H groups in total. The lowest BCUT2D eigenvalue weighted by Crippen LogP contribution is -2.14. The van der Waals surface area contributed by atoms with Crippen LogP contribution in [0.4, 0.5) is 5.69 Å². The van der Waals surface area contributed by atoms with E-state index in [1.807, 2.05) is 36.4 Å². The molecule has 0 spiro atoms. The zero-order valence-corrected chi connectivity index (χ0v) is 17.7. The molecule has 5 rings (SSSR count). The Morgan fingerprint density at radius 1 is 1.13 bits per heavy atom. The van der Waals surface area contributed by atoms with Gasteiger partial charge < -0.3 is 14.3 Å². The minimum absolute atomic E-state index is 0.0699. The van der Waals surface area contributed by atoms with Gasteiger partial charge in [0.25, 0.3) is 0 Å². The molecule has 0 fully saturated rings. The number of hydrogen-bond acceptors (Lipinski definition) is 4. The molecule has 0 bridgehead atoms. The first-order valence-electron chi connectivity index (χ1n) is 11.0. The summed E-state index contributed by atoms with van der Waals surface area (Å²) in [4.78, 5) is 12.7. The van der Waals surface area contributed by atoms with E-state index >= 15 is 0 Å². The van der Waals surface area contributed by atoms with Gasteiger partial charge in [-0.2, -0.15) is 0 Å². The fraction of sp³-hybridized carbons (Fsp3) is 0.320. The van der Waals surface area contributed by atoms with E-state index in [0.29, 0.717) is 0 Å². The molecule has 0 unspecified atom stereocenters. The van der Waals surface area contributed by atoms with E-state index in [9.17, 15) is 4.79 Å². The Morgan fingerprint density at radius 2 is 2.06 bits per heavy atom. The number of benzene rings is 2. The third-order valence-electron chi connectivity index (χ3n) is 5.99. The quantitative estimate of drug-likeness (QED) is 0.489. The molecule has 0 radical (unpaired) electrons. The first-order valence-corrected chi connectivity index (χ1v) is 11.0. The van der Waals surface area contributed by atoms with E-state index in [0.717, 1.165) is 71.7 Å². The van der Waals surface area contributed by atoms with Gasteiger partial charge in [-0.05, 0) is 43.0 Å². The lowest BCUT2D eigenvalue weighted by atomic mass is 10.1. The van der Waals surface area contributed by atoms with Gasteiger partial charge in [0.1, 0.15) is 11.4 Å². The van der Waals surface area contributed by atoms with Gasteiger partial charge >= 0.3 is 0 Å². The highest BCUT2D eigenvalue weighted by molar-refractivity contribution is 5.95. The molecule has 1 amide bonds. The van der Waals surface area contributed by atoms with Crippen LogP contribution in [-0.4, -0.2) is 20.7 Å². The molecule has 31 heavy (non-hydrogen) atoms. The summed E-state index contributed by atoms with van der Waals surface area (Å²) in [7, 11) is 0. The average Bonchev–Trinajstić information content (AvgIpc) is 3.29. The molecule has 158 valence electrons. The first-order chi connectivity index (χ1) is 15.2. The second kappa shape index (κ2) is 8.38. The number of nitrogens with one attached hydrogen (secondary N) is 1. The summed E-state index contributed by atoms with van der Waals surface area (Å²) in [5.74, 6) is 1.86. The van der Waals surface area contributed by atoms with Crippen molar-refractivity contribution in [2.24, 2.45) is 0 Å². The molecule has 2 aromatic heterocycles. The zero-order valence-electron chi connectivity index (χ0n) is 17.7. The lowest BCUT2D eigenvalue weighted by molar-refractivity contribution is -0.115. The number of aromatic nitrogens is 3. The number of anilines is 1. The maximum atomic E-state index is 12.7. The zero-order chi connectivity index (χ0) is 21.2. The summed E-state index contributed by atoms with van der Waals surface area (Å²) in [6.07, 6.45) is 7.42. The SMILES string of the molecule is CCc1ccc2c(CC(=O)Nc3cccc(-c4nnc5n4CCCCC5)c3)coc2c1. The summed E-state index contributed by atoms with van der Waals surface area (Å²) in [6, 6.07) is 14.0. The highest BCUT2D eigenvalue weighted by atomic mass is 16.3. The van der Waals surface area contributed by atoms with Gasteiger partial charge in [-0.1, -0.05) is 37.6 Å². The van der Waals surface area contributed by atoms with Gasteiger partial charge in [0.15, 0.2) is 5.82 Å². The minimum atomic E-state index is -0.0699. The monoisotopic (exact) mass is 414 g/mol. The number of amides is 1. The summed E-state index contributed by atoms with van der Waals surface area (Å²) in [6.45, 7) is 3.06. The molecular formula is C25H26N4O2. The normalized spacial score (nSPS) is 13.7. The van der Waals surface area contributed by atoms with Crippen LogP contribution in [0.25, 0.3) is 22.4 Å². The van der Waals surface area contributed by atoms with Crippen molar-refractivity contribution in [1.82, 2.24) is 14.8 Å². The number of carbonyl (C=O) groups excluding carboxylic acids is 1. The molecule has 3 heterocycles. The van der Waals surface area contributed by atoms with Gasteiger partial charge in [-0.25, -0.2) is 0 Å². The van der Waals surface area contributed by atoms with Crippen LogP contribution in [0, 0.1) is 0 Å². The highest BCUT2D eigenvalue weighted by Crippen LogP contribution is 2.26.